The first-order valence-electron chi connectivity index (χ1n) is 9.27. The zero-order valence-electron chi connectivity index (χ0n) is 16.3. The monoisotopic (exact) mass is 399 g/mol. The van der Waals surface area contributed by atoms with Crippen LogP contribution in [0.3, 0.4) is 0 Å². The van der Waals surface area contributed by atoms with Crippen LogP contribution in [0.5, 0.6) is 0 Å². The Bertz CT molecular complexity index is 1160. The van der Waals surface area contributed by atoms with Crippen LogP contribution in [0.25, 0.3) is 22.1 Å². The molecule has 3 rings (SSSR count). The van der Waals surface area contributed by atoms with Crippen molar-refractivity contribution in [2.75, 3.05) is 6.61 Å². The second kappa shape index (κ2) is 8.00. The van der Waals surface area contributed by atoms with Crippen molar-refractivity contribution < 1.29 is 29.0 Å². The number of carboxylic acid groups (broad SMARTS) is 1. The van der Waals surface area contributed by atoms with E-state index in [9.17, 15) is 24.6 Å². The summed E-state index contributed by atoms with van der Waals surface area (Å²) in [5, 5.41) is 19.6. The van der Waals surface area contributed by atoms with Crippen molar-refractivity contribution in [2.24, 2.45) is 0 Å². The Hall–Kier alpha value is -3.26. The van der Waals surface area contributed by atoms with Crippen molar-refractivity contribution in [3.05, 3.63) is 51.3 Å². The summed E-state index contributed by atoms with van der Waals surface area (Å²) in [5.41, 5.74) is 0.210. The van der Waals surface area contributed by atoms with Crippen molar-refractivity contribution in [1.29, 1.82) is 0 Å². The summed E-state index contributed by atoms with van der Waals surface area (Å²) in [6.45, 7) is 4.95. The predicted octanol–water partition coefficient (Wildman–Crippen LogP) is 3.15. The quantitative estimate of drug-likeness (QED) is 0.478. The number of rotatable bonds is 6. The van der Waals surface area contributed by atoms with Gasteiger partial charge in [0.1, 0.15) is 5.58 Å². The molecule has 29 heavy (non-hydrogen) atoms. The van der Waals surface area contributed by atoms with Crippen LogP contribution < -0.4 is 5.43 Å². The van der Waals surface area contributed by atoms with Crippen LogP contribution in [0, 0.1) is 0 Å². The highest BCUT2D eigenvalue weighted by molar-refractivity contribution is 5.98. The summed E-state index contributed by atoms with van der Waals surface area (Å²) in [4.78, 5) is 41.4. The molecule has 0 aliphatic carbocycles. The van der Waals surface area contributed by atoms with Gasteiger partial charge in [0.05, 0.1) is 40.7 Å². The van der Waals surface area contributed by atoms with Gasteiger partial charge in [-0.05, 0) is 44.0 Å². The number of hydrogen-bond donors (Lipinski definition) is 2. The van der Waals surface area contributed by atoms with E-state index in [0.29, 0.717) is 5.56 Å². The largest absolute Gasteiger partial charge is 0.481 e. The van der Waals surface area contributed by atoms with E-state index in [2.05, 4.69) is 4.98 Å². The summed E-state index contributed by atoms with van der Waals surface area (Å²) >= 11 is 0. The molecule has 1 aromatic carbocycles. The molecule has 0 amide bonds. The van der Waals surface area contributed by atoms with Crippen LogP contribution in [0.15, 0.2) is 33.5 Å². The topological polar surface area (TPSA) is 127 Å². The molecule has 0 bridgehead atoms. The molecule has 2 aromatic heterocycles. The number of aromatic nitrogens is 1. The van der Waals surface area contributed by atoms with Crippen LogP contribution in [-0.4, -0.2) is 33.7 Å². The molecule has 0 saturated carbocycles. The minimum absolute atomic E-state index is 0.00551. The minimum atomic E-state index is -1.14. The molecule has 3 aromatic rings. The molecule has 2 heterocycles. The highest BCUT2D eigenvalue weighted by Crippen LogP contribution is 2.28. The number of pyridine rings is 1. The molecule has 0 spiro atoms. The number of aliphatic hydroxyl groups is 1. The fraction of sp³-hybridized carbons (Fsp3) is 0.333. The second-order valence-electron chi connectivity index (χ2n) is 6.66. The summed E-state index contributed by atoms with van der Waals surface area (Å²) in [6, 6.07) is 5.98. The van der Waals surface area contributed by atoms with Crippen LogP contribution in [0.1, 0.15) is 60.8 Å². The fourth-order valence-electron chi connectivity index (χ4n) is 3.20. The number of aliphatic carboxylic acids is 1. The van der Waals surface area contributed by atoms with E-state index in [-0.39, 0.29) is 46.4 Å². The average Bonchev–Trinajstić information content (AvgIpc) is 2.68. The molecule has 2 atom stereocenters. The number of aliphatic hydroxyl groups excluding tert-OH is 1. The molecule has 0 aliphatic heterocycles. The van der Waals surface area contributed by atoms with Gasteiger partial charge in [-0.3, -0.25) is 9.59 Å². The Kier molecular flexibility index (Phi) is 5.65. The summed E-state index contributed by atoms with van der Waals surface area (Å²) in [6.07, 6.45) is -0.582. The smallest absolute Gasteiger partial charge is 0.340 e. The molecule has 0 fully saturated rings. The number of ether oxygens (including phenoxy) is 1. The third-order valence-corrected chi connectivity index (χ3v) is 4.73. The maximum Gasteiger partial charge on any atom is 0.340 e. The third-order valence-electron chi connectivity index (χ3n) is 4.73. The van der Waals surface area contributed by atoms with Gasteiger partial charge in [-0.15, -0.1) is 0 Å². The Labute approximate surface area is 165 Å². The maximum atomic E-state index is 13.0. The van der Waals surface area contributed by atoms with Crippen LogP contribution in [-0.2, 0) is 9.53 Å². The van der Waals surface area contributed by atoms with Gasteiger partial charge in [0, 0.05) is 0 Å². The van der Waals surface area contributed by atoms with Gasteiger partial charge in [0.2, 0.25) is 11.1 Å². The van der Waals surface area contributed by atoms with Crippen LogP contribution >= 0.6 is 0 Å². The lowest BCUT2D eigenvalue weighted by atomic mass is 9.96. The molecule has 8 nitrogen and oxygen atoms in total. The lowest BCUT2D eigenvalue weighted by molar-refractivity contribution is -0.138. The number of esters is 1. The van der Waals surface area contributed by atoms with Crippen LogP contribution in [0.4, 0.5) is 0 Å². The molecular weight excluding hydrogens is 378 g/mol. The molecule has 152 valence electrons. The first-order chi connectivity index (χ1) is 13.8. The number of carboxylic acids is 1. The minimum Gasteiger partial charge on any atom is -0.481 e. The van der Waals surface area contributed by atoms with E-state index in [1.807, 2.05) is 0 Å². The van der Waals surface area contributed by atoms with E-state index in [1.54, 1.807) is 32.9 Å². The number of nitrogens with zero attached hydrogens (tertiary/aromatic N) is 1. The van der Waals surface area contributed by atoms with E-state index in [0.717, 1.165) is 0 Å². The molecule has 8 heteroatoms. The average molecular weight is 399 g/mol. The van der Waals surface area contributed by atoms with Gasteiger partial charge in [-0.25, -0.2) is 9.78 Å². The fourth-order valence-corrected chi connectivity index (χ4v) is 3.20. The third kappa shape index (κ3) is 3.71. The lowest BCUT2D eigenvalue weighted by Crippen LogP contribution is -2.19. The molecular formula is C21H21NO7. The van der Waals surface area contributed by atoms with Crippen LogP contribution in [0.2, 0.25) is 0 Å². The zero-order chi connectivity index (χ0) is 21.3. The Morgan fingerprint density at radius 1 is 1.21 bits per heavy atom. The van der Waals surface area contributed by atoms with E-state index >= 15 is 0 Å². The normalized spacial score (nSPS) is 13.4. The first kappa shape index (κ1) is 20.5. The molecule has 2 unspecified atom stereocenters. The number of fused-ring (bicyclic) bond motifs is 2. The standard InChI is InChI=1S/C21H21NO7/c1-4-12(20(25)26)17-14(21(27)28-5-2)9-15-18(24)13-8-11(10(3)23)6-7-16(13)29-19(15)22-17/h6-10,12,23H,4-5H2,1-3H3,(H,25,26). The zero-order valence-corrected chi connectivity index (χ0v) is 16.3. The van der Waals surface area contributed by atoms with E-state index in [1.165, 1.54) is 12.1 Å². The van der Waals surface area contributed by atoms with E-state index < -0.39 is 29.4 Å². The van der Waals surface area contributed by atoms with Gasteiger partial charge >= 0.3 is 11.9 Å². The summed E-state index contributed by atoms with van der Waals surface area (Å²) in [7, 11) is 0. The molecule has 2 N–H and O–H groups in total. The highest BCUT2D eigenvalue weighted by atomic mass is 16.5. The van der Waals surface area contributed by atoms with E-state index in [4.69, 9.17) is 9.15 Å². The van der Waals surface area contributed by atoms with Gasteiger partial charge in [-0.2, -0.15) is 0 Å². The maximum absolute atomic E-state index is 13.0. The summed E-state index contributed by atoms with van der Waals surface area (Å²) in [5.74, 6) is -2.96. The molecule has 0 aliphatic rings. The number of carbonyl (C=O) groups is 2. The van der Waals surface area contributed by atoms with Crippen molar-refractivity contribution in [3.63, 3.8) is 0 Å². The summed E-state index contributed by atoms with van der Waals surface area (Å²) < 4.78 is 10.8. The highest BCUT2D eigenvalue weighted by Gasteiger charge is 2.28. The molecule has 0 radical (unpaired) electrons. The Balaban J connectivity index is 2.37. The van der Waals surface area contributed by atoms with Gasteiger partial charge in [0.25, 0.3) is 0 Å². The lowest BCUT2D eigenvalue weighted by Gasteiger charge is -2.14. The Morgan fingerprint density at radius 2 is 1.93 bits per heavy atom. The SMILES string of the molecule is CCOC(=O)c1cc2c(=O)c3cc(C(C)O)ccc3oc2nc1C(CC)C(=O)O. The van der Waals surface area contributed by atoms with Crippen molar-refractivity contribution in [1.82, 2.24) is 4.98 Å². The number of carbonyl (C=O) groups excluding carboxylic acids is 1. The number of hydrogen-bond acceptors (Lipinski definition) is 7. The van der Waals surface area contributed by atoms with Crippen molar-refractivity contribution in [2.45, 2.75) is 39.2 Å². The second-order valence-corrected chi connectivity index (χ2v) is 6.66. The van der Waals surface area contributed by atoms with Crippen molar-refractivity contribution in [3.8, 4) is 0 Å². The van der Waals surface area contributed by atoms with Gasteiger partial charge in [-0.1, -0.05) is 13.0 Å². The predicted molar refractivity (Wildman–Crippen MR) is 105 cm³/mol. The number of benzene rings is 1. The van der Waals surface area contributed by atoms with Gasteiger partial charge in [0.15, 0.2) is 0 Å². The van der Waals surface area contributed by atoms with Crippen molar-refractivity contribution >= 4 is 34.0 Å². The first-order valence-corrected chi connectivity index (χ1v) is 9.27. The van der Waals surface area contributed by atoms with Gasteiger partial charge < -0.3 is 19.4 Å². The Morgan fingerprint density at radius 3 is 2.52 bits per heavy atom. The molecule has 0 saturated heterocycles.